The number of hydrogen-bond donors (Lipinski definition) is 12. The first-order valence-electron chi connectivity index (χ1n) is 37.8. The van der Waals surface area contributed by atoms with E-state index in [1.807, 2.05) is 0 Å². The fourth-order valence-corrected chi connectivity index (χ4v) is 19.4. The highest BCUT2D eigenvalue weighted by Crippen LogP contribution is 2.37. The van der Waals surface area contributed by atoms with Gasteiger partial charge in [0, 0.05) is 69.7 Å². The predicted octanol–water partition coefficient (Wildman–Crippen LogP) is -0.863. The predicted molar refractivity (Wildman–Crippen MR) is 400 cm³/mol. The van der Waals surface area contributed by atoms with Crippen LogP contribution in [0, 0.1) is 5.41 Å². The first-order chi connectivity index (χ1) is 54.2. The van der Waals surface area contributed by atoms with Crippen LogP contribution in [-0.2, 0) is 114 Å². The molecule has 12 N–H and O–H groups in total. The summed E-state index contributed by atoms with van der Waals surface area (Å²) in [5, 5.41) is 34.3. The molecule has 8 saturated heterocycles. The number of urea groups is 4. The molecule has 0 aliphatic carbocycles. The van der Waals surface area contributed by atoms with Crippen LogP contribution in [0.4, 0.5) is 19.2 Å². The summed E-state index contributed by atoms with van der Waals surface area (Å²) in [6, 6.07) is -0.390. The van der Waals surface area contributed by atoms with Gasteiger partial charge in [0.25, 0.3) is 0 Å². The van der Waals surface area contributed by atoms with Gasteiger partial charge < -0.3 is 121 Å². The Morgan fingerprint density at radius 3 is 0.761 bits per heavy atom. The number of esters is 8. The van der Waals surface area contributed by atoms with Gasteiger partial charge in [-0.3, -0.25) is 19.2 Å². The maximum atomic E-state index is 13.7. The van der Waals surface area contributed by atoms with Crippen molar-refractivity contribution in [1.29, 1.82) is 0 Å². The topological polar surface area (TPSA) is 528 Å². The van der Waals surface area contributed by atoms with E-state index in [0.29, 0.717) is 51.4 Å². The largest absolute Gasteiger partial charge is 0.462 e. The van der Waals surface area contributed by atoms with Crippen LogP contribution in [0.1, 0.15) is 130 Å². The number of nitrogens with one attached hydrogen (secondary N) is 12. The molecule has 8 rings (SSSR count). The SMILES string of the molecule is CC(OC(=O)COCNC(=O)CCCCC1SC[C@@H]2NC(=O)N[C@H]12)C(=O)OCC(COC(=O)C(C)OC(=O)COCNC(=O)CCCCC1SC[C@@H]2NC(=O)N[C@H]12)(COC(=O)C(C)OC(=O)COCNC(=O)CCCCC1SC[C@H]2NC(=O)N[C@@H]12)COC(=O)C(C)OC(=O)COCNC(=O)CCCCC1SC[C@H]2NC(=O)N[C@@H]12. The molecule has 8 aliphatic rings. The van der Waals surface area contributed by atoms with Crippen LogP contribution in [0.2, 0.25) is 0 Å². The van der Waals surface area contributed by atoms with Gasteiger partial charge in [-0.2, -0.15) is 47.0 Å². The zero-order valence-electron chi connectivity index (χ0n) is 63.4. The minimum atomic E-state index is -2.21. The first kappa shape index (κ1) is 90.5. The van der Waals surface area contributed by atoms with Gasteiger partial charge in [0.15, 0.2) is 24.4 Å². The number of rotatable bonds is 52. The molecule has 0 aromatic rings. The number of amides is 12. The minimum Gasteiger partial charge on any atom is -0.462 e. The molecule has 0 aromatic carbocycles. The van der Waals surface area contributed by atoms with Crippen molar-refractivity contribution in [3.8, 4) is 0 Å². The quantitative estimate of drug-likeness (QED) is 0.0116. The lowest BCUT2D eigenvalue weighted by Gasteiger charge is -2.32. The van der Waals surface area contributed by atoms with Crippen molar-refractivity contribution >= 4 is 143 Å². The van der Waals surface area contributed by atoms with E-state index < -0.39 is 157 Å². The van der Waals surface area contributed by atoms with Crippen molar-refractivity contribution in [1.82, 2.24) is 63.8 Å². The van der Waals surface area contributed by atoms with E-state index in [0.717, 1.165) is 76.4 Å². The van der Waals surface area contributed by atoms with Crippen molar-refractivity contribution in [2.45, 2.75) is 224 Å². The van der Waals surface area contributed by atoms with Gasteiger partial charge in [-0.15, -0.1) is 0 Å². The molecule has 0 spiro atoms. The Morgan fingerprint density at radius 2 is 0.549 bits per heavy atom. The normalized spacial score (nSPS) is 24.9. The van der Waals surface area contributed by atoms with Crippen LogP contribution in [0.5, 0.6) is 0 Å². The Kier molecular flexibility index (Phi) is 37.2. The molecule has 8 unspecified atom stereocenters. The molecule has 8 heterocycles. The summed E-state index contributed by atoms with van der Waals surface area (Å²) in [4.78, 5) is 204. The number of fused-ring (bicyclic) bond motifs is 4. The summed E-state index contributed by atoms with van der Waals surface area (Å²) in [6.45, 7) is -4.33. The van der Waals surface area contributed by atoms with Crippen LogP contribution in [0.25, 0.3) is 0 Å². The molecule has 632 valence electrons. The Hall–Kier alpha value is -8.04. The molecule has 8 fully saturated rings. The van der Waals surface area contributed by atoms with Crippen LogP contribution in [0.15, 0.2) is 0 Å². The second-order valence-corrected chi connectivity index (χ2v) is 33.4. The fourth-order valence-electron chi connectivity index (χ4n) is 13.2. The molecule has 40 nitrogen and oxygen atoms in total. The highest BCUT2D eigenvalue weighted by atomic mass is 32.2. The van der Waals surface area contributed by atoms with E-state index >= 15 is 0 Å². The molecular formula is C69H104N12O28S4. The fraction of sp³-hybridized carbons (Fsp3) is 0.768. The smallest absolute Gasteiger partial charge is 0.347 e. The van der Waals surface area contributed by atoms with E-state index in [1.165, 1.54) is 0 Å². The molecule has 0 saturated carbocycles. The standard InChI is InChI=1S/C69H104N12O28S4/c1-37(106-53(86)21-98-33-70-49(82)17-9-5-13-45-57-41(25-110-45)74-65(94)78-57)61(90)102-29-69(30-103-62(91)38(2)107-54(87)22-99-34-71-50(83)18-10-6-14-46-58-42(26-111-46)75-66(95)79-58,31-104-63(92)39(3)108-55(88)23-100-35-72-51(84)19-11-7-15-47-59-43(27-112-47)76-67(96)80-59)32-105-64(93)40(4)109-56(89)24-101-36-73-52(85)20-12-8-16-48-60-44(28-113-48)77-68(97)81-60/h37-48,57-60H,5-36H2,1-4H3,(H,70,82)(H,71,83)(H,72,84)(H,73,85)(H2,74,78,94)(H2,75,79,95)(H2,76,80,96)(H2,77,81,97)/t37?,38?,39?,40?,41-,42-,43+,44+,45?,46?,47?,48?,57-,58-,59+,60+,69?. The zero-order chi connectivity index (χ0) is 81.4. The van der Waals surface area contributed by atoms with Gasteiger partial charge in [0.2, 0.25) is 23.6 Å². The van der Waals surface area contributed by atoms with Crippen molar-refractivity contribution < 1.29 is 134 Å². The van der Waals surface area contributed by atoms with Crippen molar-refractivity contribution in [2.24, 2.45) is 5.41 Å². The number of thioether (sulfide) groups is 4. The Morgan fingerprint density at radius 1 is 0.336 bits per heavy atom. The third-order valence-electron chi connectivity index (χ3n) is 19.3. The molecular weight excluding hydrogens is 1570 g/mol. The lowest BCUT2D eigenvalue weighted by atomic mass is 9.92. The number of unbranched alkanes of at least 4 members (excludes halogenated alkanes) is 4. The third kappa shape index (κ3) is 30.6. The summed E-state index contributed by atoms with van der Waals surface area (Å²) in [5.41, 5.74) is -2.21. The van der Waals surface area contributed by atoms with Gasteiger partial charge in [0.05, 0.1) is 48.3 Å². The number of ether oxygens (including phenoxy) is 12. The number of hydrogen-bond acceptors (Lipinski definition) is 32. The molecule has 44 heteroatoms. The van der Waals surface area contributed by atoms with E-state index in [2.05, 4.69) is 63.8 Å². The summed E-state index contributed by atoms with van der Waals surface area (Å²) in [7, 11) is 0. The average Bonchev–Trinajstić information content (AvgIpc) is 1.61. The summed E-state index contributed by atoms with van der Waals surface area (Å²) >= 11 is 7.02. The highest BCUT2D eigenvalue weighted by molar-refractivity contribution is 8.01. The molecule has 0 bridgehead atoms. The maximum absolute atomic E-state index is 13.7. The second kappa shape index (κ2) is 46.5. The van der Waals surface area contributed by atoms with Crippen LogP contribution in [0.3, 0.4) is 0 Å². The van der Waals surface area contributed by atoms with E-state index in [1.54, 1.807) is 47.0 Å². The van der Waals surface area contributed by atoms with Gasteiger partial charge in [-0.25, -0.2) is 57.5 Å². The third-order valence-corrected chi connectivity index (χ3v) is 25.4. The zero-order valence-corrected chi connectivity index (χ0v) is 66.7. The van der Waals surface area contributed by atoms with Gasteiger partial charge in [0.1, 0.15) is 85.2 Å². The summed E-state index contributed by atoms with van der Waals surface area (Å²) < 4.78 is 64.2. The van der Waals surface area contributed by atoms with Crippen LogP contribution in [-0.4, -0.2) is 292 Å². The molecule has 0 aromatic heterocycles. The van der Waals surface area contributed by atoms with Crippen LogP contribution >= 0.6 is 47.0 Å². The monoisotopic (exact) mass is 1680 g/mol. The second-order valence-electron chi connectivity index (χ2n) is 28.3. The lowest BCUT2D eigenvalue weighted by Crippen LogP contribution is -2.47. The Bertz CT molecular complexity index is 2920. The van der Waals surface area contributed by atoms with Gasteiger partial charge in [-0.05, 0) is 79.1 Å². The first-order valence-corrected chi connectivity index (χ1v) is 42.0. The maximum Gasteiger partial charge on any atom is 0.347 e. The Balaban J connectivity index is 0.827. The molecule has 0 radical (unpaired) electrons. The minimum absolute atomic E-state index is 0.0268. The van der Waals surface area contributed by atoms with Gasteiger partial charge >= 0.3 is 71.9 Å². The van der Waals surface area contributed by atoms with Gasteiger partial charge in [-0.1, -0.05) is 25.7 Å². The van der Waals surface area contributed by atoms with E-state index in [4.69, 9.17) is 56.8 Å². The van der Waals surface area contributed by atoms with Crippen LogP contribution < -0.4 is 63.8 Å². The molecule has 16 atom stereocenters. The average molecular weight is 1680 g/mol. The number of carbonyl (C=O) groups excluding carboxylic acids is 16. The molecule has 113 heavy (non-hydrogen) atoms. The van der Waals surface area contributed by atoms with E-state index in [9.17, 15) is 76.7 Å². The molecule has 8 aliphatic heterocycles. The summed E-state index contributed by atoms with van der Waals surface area (Å²) in [5.74, 6) is -7.78. The van der Waals surface area contributed by atoms with E-state index in [-0.39, 0.29) is 143 Å². The Labute approximate surface area is 669 Å². The van der Waals surface area contributed by atoms with Crippen molar-refractivity contribution in [2.75, 3.05) is 103 Å². The lowest BCUT2D eigenvalue weighted by molar-refractivity contribution is -0.189. The molecule has 12 amide bonds. The van der Waals surface area contributed by atoms with Crippen molar-refractivity contribution in [3.63, 3.8) is 0 Å². The highest BCUT2D eigenvalue weighted by Gasteiger charge is 2.47. The number of carbonyl (C=O) groups is 16. The van der Waals surface area contributed by atoms with Crippen molar-refractivity contribution in [3.05, 3.63) is 0 Å². The summed E-state index contributed by atoms with van der Waals surface area (Å²) in [6.07, 6.45) is 1.89.